The number of rotatable bonds is 5. The smallest absolute Gasteiger partial charge is 0.241 e. The molecule has 3 N–H and O–H groups in total. The second kappa shape index (κ2) is 5.98. The van der Waals surface area contributed by atoms with Crippen LogP contribution >= 0.6 is 0 Å². The van der Waals surface area contributed by atoms with E-state index in [4.69, 9.17) is 5.73 Å². The summed E-state index contributed by atoms with van der Waals surface area (Å²) in [5.41, 5.74) is 5.43. The van der Waals surface area contributed by atoms with Crippen molar-refractivity contribution in [1.29, 1.82) is 0 Å². The molecular weight excluding hydrogens is 291 g/mol. The first kappa shape index (κ1) is 16.1. The number of nitrogen functional groups attached to an aromatic ring is 1. The zero-order valence-electron chi connectivity index (χ0n) is 10.9. The Morgan fingerprint density at radius 2 is 2.05 bits per heavy atom. The molecular formula is C11H17FN2O3S2. The molecule has 0 aliphatic heterocycles. The average molecular weight is 308 g/mol. The van der Waals surface area contributed by atoms with Crippen LogP contribution in [0.4, 0.5) is 10.1 Å². The highest BCUT2D eigenvalue weighted by Gasteiger charge is 2.21. The standard InChI is InChI=1S/C11H17FN2O3S2/c1-7-4-9(12)10(13)5-11(7)19(16,17)14-8(2)6-18(3)15/h4-5,8,14H,6,13H2,1-3H3. The van der Waals surface area contributed by atoms with Gasteiger partial charge in [0, 0.05) is 28.9 Å². The number of benzene rings is 1. The van der Waals surface area contributed by atoms with Crippen molar-refractivity contribution in [3.8, 4) is 0 Å². The van der Waals surface area contributed by atoms with E-state index in [0.717, 1.165) is 12.1 Å². The zero-order chi connectivity index (χ0) is 14.8. The highest BCUT2D eigenvalue weighted by atomic mass is 32.2. The minimum atomic E-state index is -3.81. The van der Waals surface area contributed by atoms with Crippen LogP contribution in [-0.2, 0) is 20.8 Å². The van der Waals surface area contributed by atoms with Gasteiger partial charge in [-0.25, -0.2) is 17.5 Å². The minimum absolute atomic E-state index is 0.0693. The number of sulfonamides is 1. The fraction of sp³-hybridized carbons (Fsp3) is 0.455. The van der Waals surface area contributed by atoms with E-state index < -0.39 is 32.7 Å². The lowest BCUT2D eigenvalue weighted by atomic mass is 10.2. The van der Waals surface area contributed by atoms with E-state index in [2.05, 4.69) is 4.72 Å². The van der Waals surface area contributed by atoms with Gasteiger partial charge >= 0.3 is 0 Å². The van der Waals surface area contributed by atoms with Gasteiger partial charge in [-0.2, -0.15) is 0 Å². The van der Waals surface area contributed by atoms with Crippen molar-refractivity contribution in [3.05, 3.63) is 23.5 Å². The molecule has 0 amide bonds. The summed E-state index contributed by atoms with van der Waals surface area (Å²) >= 11 is 0. The third kappa shape index (κ3) is 4.26. The van der Waals surface area contributed by atoms with Gasteiger partial charge in [0.25, 0.3) is 0 Å². The van der Waals surface area contributed by atoms with Gasteiger partial charge in [0.05, 0.1) is 10.6 Å². The second-order valence-corrected chi connectivity index (χ2v) is 7.56. The molecule has 8 heteroatoms. The highest BCUT2D eigenvalue weighted by Crippen LogP contribution is 2.21. The number of hydrogen-bond donors (Lipinski definition) is 2. The van der Waals surface area contributed by atoms with E-state index in [1.165, 1.54) is 13.2 Å². The van der Waals surface area contributed by atoms with Gasteiger partial charge in [0.2, 0.25) is 10.0 Å². The topological polar surface area (TPSA) is 89.3 Å². The van der Waals surface area contributed by atoms with Crippen LogP contribution in [-0.4, -0.2) is 30.7 Å². The van der Waals surface area contributed by atoms with E-state index in [1.807, 2.05) is 0 Å². The molecule has 1 aromatic carbocycles. The summed E-state index contributed by atoms with van der Waals surface area (Å²) in [5.74, 6) is -0.450. The first-order valence-corrected chi connectivity index (χ1v) is 8.72. The number of nitrogens with two attached hydrogens (primary N) is 1. The number of halogens is 1. The maximum atomic E-state index is 13.2. The molecule has 2 unspecified atom stereocenters. The van der Waals surface area contributed by atoms with Crippen LogP contribution in [0.25, 0.3) is 0 Å². The molecule has 0 saturated carbocycles. The van der Waals surface area contributed by atoms with E-state index in [-0.39, 0.29) is 21.9 Å². The first-order chi connectivity index (χ1) is 8.63. The summed E-state index contributed by atoms with van der Waals surface area (Å²) in [5, 5.41) is 0. The SMILES string of the molecule is Cc1cc(F)c(N)cc1S(=O)(=O)NC(C)CS(C)=O. The lowest BCUT2D eigenvalue weighted by molar-refractivity contribution is 0.568. The van der Waals surface area contributed by atoms with E-state index >= 15 is 0 Å². The monoisotopic (exact) mass is 308 g/mol. The molecule has 0 heterocycles. The van der Waals surface area contributed by atoms with E-state index in [9.17, 15) is 17.0 Å². The Balaban J connectivity index is 3.07. The summed E-state index contributed by atoms with van der Waals surface area (Å²) in [6.45, 7) is 3.10. The lowest BCUT2D eigenvalue weighted by Gasteiger charge is -2.15. The molecule has 0 bridgehead atoms. The molecule has 0 aliphatic carbocycles. The summed E-state index contributed by atoms with van der Waals surface area (Å²) in [6.07, 6.45) is 1.49. The Kier molecular flexibility index (Phi) is 5.05. The summed E-state index contributed by atoms with van der Waals surface area (Å²) in [6, 6.07) is 1.68. The van der Waals surface area contributed by atoms with Crippen LogP contribution in [0.3, 0.4) is 0 Å². The summed E-state index contributed by atoms with van der Waals surface area (Å²) in [7, 11) is -4.92. The van der Waals surface area contributed by atoms with E-state index in [0.29, 0.717) is 0 Å². The lowest BCUT2D eigenvalue weighted by Crippen LogP contribution is -2.36. The molecule has 0 aliphatic rings. The van der Waals surface area contributed by atoms with Gasteiger partial charge < -0.3 is 5.73 Å². The molecule has 2 atom stereocenters. The zero-order valence-corrected chi connectivity index (χ0v) is 12.6. The van der Waals surface area contributed by atoms with Crippen LogP contribution in [0.5, 0.6) is 0 Å². The van der Waals surface area contributed by atoms with Crippen molar-refractivity contribution in [2.75, 3.05) is 17.7 Å². The van der Waals surface area contributed by atoms with Gasteiger partial charge in [-0.1, -0.05) is 0 Å². The molecule has 0 saturated heterocycles. The molecule has 19 heavy (non-hydrogen) atoms. The molecule has 0 aromatic heterocycles. The van der Waals surface area contributed by atoms with Gasteiger partial charge in [0.15, 0.2) is 0 Å². The summed E-state index contributed by atoms with van der Waals surface area (Å²) in [4.78, 5) is -0.0693. The fourth-order valence-electron chi connectivity index (χ4n) is 1.67. The van der Waals surface area contributed by atoms with Crippen molar-refractivity contribution < 1.29 is 17.0 Å². The Labute approximate surface area is 114 Å². The van der Waals surface area contributed by atoms with Crippen molar-refractivity contribution in [2.24, 2.45) is 0 Å². The first-order valence-electron chi connectivity index (χ1n) is 5.51. The predicted molar refractivity (Wildman–Crippen MR) is 74.3 cm³/mol. The minimum Gasteiger partial charge on any atom is -0.396 e. The van der Waals surface area contributed by atoms with Crippen molar-refractivity contribution >= 4 is 26.5 Å². The highest BCUT2D eigenvalue weighted by molar-refractivity contribution is 7.89. The molecule has 1 rings (SSSR count). The molecule has 5 nitrogen and oxygen atoms in total. The van der Waals surface area contributed by atoms with Gasteiger partial charge in [-0.05, 0) is 31.5 Å². The summed E-state index contributed by atoms with van der Waals surface area (Å²) < 4.78 is 50.9. The number of nitrogens with one attached hydrogen (secondary N) is 1. The maximum Gasteiger partial charge on any atom is 0.241 e. The van der Waals surface area contributed by atoms with Crippen molar-refractivity contribution in [1.82, 2.24) is 4.72 Å². The molecule has 108 valence electrons. The fourth-order valence-corrected chi connectivity index (χ4v) is 4.07. The number of anilines is 1. The van der Waals surface area contributed by atoms with Crippen LogP contribution in [0.15, 0.2) is 17.0 Å². The van der Waals surface area contributed by atoms with Crippen LogP contribution in [0, 0.1) is 12.7 Å². The van der Waals surface area contributed by atoms with Crippen LogP contribution in [0.1, 0.15) is 12.5 Å². The molecule has 0 spiro atoms. The van der Waals surface area contributed by atoms with Crippen LogP contribution < -0.4 is 10.5 Å². The Bertz CT molecular complexity index is 602. The Hall–Kier alpha value is -0.990. The largest absolute Gasteiger partial charge is 0.396 e. The quantitative estimate of drug-likeness (QED) is 0.786. The Morgan fingerprint density at radius 3 is 2.58 bits per heavy atom. The number of hydrogen-bond acceptors (Lipinski definition) is 4. The van der Waals surface area contributed by atoms with Crippen LogP contribution in [0.2, 0.25) is 0 Å². The number of aryl methyl sites for hydroxylation is 1. The third-order valence-electron chi connectivity index (χ3n) is 2.42. The van der Waals surface area contributed by atoms with Crippen molar-refractivity contribution in [2.45, 2.75) is 24.8 Å². The molecule has 1 aromatic rings. The normalized spacial score (nSPS) is 15.2. The molecule has 0 radical (unpaired) electrons. The predicted octanol–water partition coefficient (Wildman–Crippen LogP) is 0.762. The average Bonchev–Trinajstić information content (AvgIpc) is 2.20. The van der Waals surface area contributed by atoms with Gasteiger partial charge in [0.1, 0.15) is 5.82 Å². The second-order valence-electron chi connectivity index (χ2n) is 4.40. The Morgan fingerprint density at radius 1 is 1.47 bits per heavy atom. The third-order valence-corrected chi connectivity index (χ3v) is 5.13. The van der Waals surface area contributed by atoms with Gasteiger partial charge in [-0.3, -0.25) is 4.21 Å². The van der Waals surface area contributed by atoms with Gasteiger partial charge in [-0.15, -0.1) is 0 Å². The van der Waals surface area contributed by atoms with Crippen molar-refractivity contribution in [3.63, 3.8) is 0 Å². The molecule has 0 fully saturated rings. The maximum absolute atomic E-state index is 13.2. The van der Waals surface area contributed by atoms with E-state index in [1.54, 1.807) is 6.92 Å².